The number of esters is 1. The van der Waals surface area contributed by atoms with E-state index in [1.54, 1.807) is 23.9 Å². The van der Waals surface area contributed by atoms with E-state index < -0.39 is 0 Å². The molecular weight excluding hydrogens is 222 g/mol. The summed E-state index contributed by atoms with van der Waals surface area (Å²) in [5, 5.41) is 0. The van der Waals surface area contributed by atoms with E-state index in [0.717, 1.165) is 4.90 Å². The van der Waals surface area contributed by atoms with Crippen LogP contribution in [0.2, 0.25) is 0 Å². The van der Waals surface area contributed by atoms with Crippen LogP contribution in [0.5, 0.6) is 0 Å². The van der Waals surface area contributed by atoms with Gasteiger partial charge < -0.3 is 10.5 Å². The summed E-state index contributed by atoms with van der Waals surface area (Å²) >= 11 is 1.68. The summed E-state index contributed by atoms with van der Waals surface area (Å²) in [5.41, 5.74) is 6.99. The van der Waals surface area contributed by atoms with Gasteiger partial charge >= 0.3 is 5.97 Å². The van der Waals surface area contributed by atoms with E-state index in [-0.39, 0.29) is 10.7 Å². The molecule has 3 nitrogen and oxygen atoms in total. The van der Waals surface area contributed by atoms with Gasteiger partial charge in [0.05, 0.1) is 12.7 Å². The average Bonchev–Trinajstić information content (AvgIpc) is 2.18. The number of nitrogens with two attached hydrogens (primary N) is 1. The number of carbonyl (C=O) groups is 1. The van der Waals surface area contributed by atoms with E-state index in [4.69, 9.17) is 5.73 Å². The molecule has 1 rings (SSSR count). The number of anilines is 1. The van der Waals surface area contributed by atoms with Crippen molar-refractivity contribution < 1.29 is 9.53 Å². The highest BCUT2D eigenvalue weighted by molar-refractivity contribution is 8.00. The van der Waals surface area contributed by atoms with Crippen LogP contribution in [0.3, 0.4) is 0 Å². The topological polar surface area (TPSA) is 52.3 Å². The highest BCUT2D eigenvalue weighted by atomic mass is 32.2. The summed E-state index contributed by atoms with van der Waals surface area (Å²) < 4.78 is 4.73. The van der Waals surface area contributed by atoms with E-state index in [1.807, 2.05) is 6.07 Å². The molecule has 88 valence electrons. The van der Waals surface area contributed by atoms with Crippen LogP contribution in [0, 0.1) is 0 Å². The van der Waals surface area contributed by atoms with E-state index >= 15 is 0 Å². The third kappa shape index (κ3) is 3.45. The molecule has 1 aromatic carbocycles. The Morgan fingerprint density at radius 2 is 2.00 bits per heavy atom. The van der Waals surface area contributed by atoms with Crippen LogP contribution in [0.25, 0.3) is 0 Å². The zero-order valence-corrected chi connectivity index (χ0v) is 10.9. The minimum Gasteiger partial charge on any atom is -0.465 e. The Balaban J connectivity index is 2.96. The van der Waals surface area contributed by atoms with Crippen LogP contribution in [0.4, 0.5) is 5.69 Å². The Kier molecular flexibility index (Phi) is 3.86. The predicted molar refractivity (Wildman–Crippen MR) is 67.8 cm³/mol. The summed E-state index contributed by atoms with van der Waals surface area (Å²) in [7, 11) is 1.36. The first-order valence-corrected chi connectivity index (χ1v) is 5.82. The molecule has 0 unspecified atom stereocenters. The minimum atomic E-state index is -0.362. The summed E-state index contributed by atoms with van der Waals surface area (Å²) in [5.74, 6) is -0.362. The molecule has 16 heavy (non-hydrogen) atoms. The lowest BCUT2D eigenvalue weighted by atomic mass is 10.2. The van der Waals surface area contributed by atoms with Gasteiger partial charge in [-0.25, -0.2) is 4.79 Å². The van der Waals surface area contributed by atoms with Gasteiger partial charge in [-0.2, -0.15) is 0 Å². The number of methoxy groups -OCH3 is 1. The molecule has 0 fully saturated rings. The number of hydrogen-bond donors (Lipinski definition) is 1. The fourth-order valence-corrected chi connectivity index (χ4v) is 2.19. The predicted octanol–water partition coefficient (Wildman–Crippen LogP) is 2.95. The van der Waals surface area contributed by atoms with Gasteiger partial charge in [-0.05, 0) is 18.2 Å². The molecular formula is C12H17NO2S. The molecule has 0 amide bonds. The first-order valence-electron chi connectivity index (χ1n) is 5.00. The van der Waals surface area contributed by atoms with Crippen molar-refractivity contribution in [3.8, 4) is 0 Å². The molecule has 1 aromatic rings. The standard InChI is InChI=1S/C12H17NO2S/c1-12(2,3)16-10-6-5-8(7-9(10)13)11(14)15-4/h5-7H,13H2,1-4H3. The third-order valence-electron chi connectivity index (χ3n) is 1.85. The van der Waals surface area contributed by atoms with Crippen molar-refractivity contribution in [3.63, 3.8) is 0 Å². The molecule has 0 aliphatic heterocycles. The van der Waals surface area contributed by atoms with Crippen molar-refractivity contribution in [1.82, 2.24) is 0 Å². The highest BCUT2D eigenvalue weighted by Crippen LogP contribution is 2.35. The lowest BCUT2D eigenvalue weighted by Gasteiger charge is -2.18. The second-order valence-electron chi connectivity index (χ2n) is 4.46. The SMILES string of the molecule is COC(=O)c1ccc(SC(C)(C)C)c(N)c1. The van der Waals surface area contributed by atoms with Gasteiger partial charge in [-0.1, -0.05) is 20.8 Å². The molecule has 0 aliphatic carbocycles. The maximum Gasteiger partial charge on any atom is 0.337 e. The van der Waals surface area contributed by atoms with Crippen LogP contribution in [0.1, 0.15) is 31.1 Å². The van der Waals surface area contributed by atoms with Crippen molar-refractivity contribution in [3.05, 3.63) is 23.8 Å². The Hall–Kier alpha value is -1.16. The van der Waals surface area contributed by atoms with Gasteiger partial charge in [-0.3, -0.25) is 0 Å². The van der Waals surface area contributed by atoms with Crippen LogP contribution in [-0.2, 0) is 4.74 Å². The van der Waals surface area contributed by atoms with Gasteiger partial charge in [0, 0.05) is 15.3 Å². The molecule has 0 heterocycles. The Morgan fingerprint density at radius 1 is 1.38 bits per heavy atom. The fraction of sp³-hybridized carbons (Fsp3) is 0.417. The second-order valence-corrected chi connectivity index (χ2v) is 6.33. The van der Waals surface area contributed by atoms with Gasteiger partial charge in [0.15, 0.2) is 0 Å². The van der Waals surface area contributed by atoms with Gasteiger partial charge in [0.25, 0.3) is 0 Å². The van der Waals surface area contributed by atoms with Crippen molar-refractivity contribution in [2.45, 2.75) is 30.4 Å². The van der Waals surface area contributed by atoms with E-state index in [9.17, 15) is 4.79 Å². The molecule has 0 atom stereocenters. The summed E-state index contributed by atoms with van der Waals surface area (Å²) in [6.07, 6.45) is 0. The highest BCUT2D eigenvalue weighted by Gasteiger charge is 2.15. The van der Waals surface area contributed by atoms with E-state index in [1.165, 1.54) is 7.11 Å². The summed E-state index contributed by atoms with van der Waals surface area (Å²) in [6, 6.07) is 5.24. The summed E-state index contributed by atoms with van der Waals surface area (Å²) in [6.45, 7) is 6.35. The number of carbonyl (C=O) groups excluding carboxylic acids is 1. The van der Waals surface area contributed by atoms with E-state index in [2.05, 4.69) is 25.5 Å². The number of nitrogen functional groups attached to an aromatic ring is 1. The lowest BCUT2D eigenvalue weighted by Crippen LogP contribution is -2.08. The zero-order chi connectivity index (χ0) is 12.3. The van der Waals surface area contributed by atoms with Crippen molar-refractivity contribution in [2.75, 3.05) is 12.8 Å². The minimum absolute atomic E-state index is 0.0981. The Labute approximate surface area is 100 Å². The zero-order valence-electron chi connectivity index (χ0n) is 10.0. The van der Waals surface area contributed by atoms with Crippen molar-refractivity contribution in [1.29, 1.82) is 0 Å². The molecule has 0 saturated heterocycles. The number of thioether (sulfide) groups is 1. The molecule has 0 aliphatic rings. The third-order valence-corrected chi connectivity index (χ3v) is 3.05. The number of benzene rings is 1. The van der Waals surface area contributed by atoms with Gasteiger partial charge in [-0.15, -0.1) is 11.8 Å². The van der Waals surface area contributed by atoms with E-state index in [0.29, 0.717) is 11.3 Å². The average molecular weight is 239 g/mol. The van der Waals surface area contributed by atoms with Crippen LogP contribution < -0.4 is 5.73 Å². The monoisotopic (exact) mass is 239 g/mol. The first-order chi connectivity index (χ1) is 7.33. The van der Waals surface area contributed by atoms with Crippen LogP contribution in [0.15, 0.2) is 23.1 Å². The number of rotatable bonds is 2. The first kappa shape index (κ1) is 12.9. The van der Waals surface area contributed by atoms with Crippen LogP contribution in [-0.4, -0.2) is 17.8 Å². The smallest absolute Gasteiger partial charge is 0.337 e. The molecule has 2 N–H and O–H groups in total. The Morgan fingerprint density at radius 3 is 2.44 bits per heavy atom. The molecule has 0 aromatic heterocycles. The maximum absolute atomic E-state index is 11.3. The quantitative estimate of drug-likeness (QED) is 0.490. The Bertz CT molecular complexity index is 396. The normalized spacial score (nSPS) is 11.2. The molecule has 0 bridgehead atoms. The van der Waals surface area contributed by atoms with Crippen LogP contribution >= 0.6 is 11.8 Å². The molecule has 0 spiro atoms. The fourth-order valence-electron chi connectivity index (χ4n) is 1.22. The number of ether oxygens (including phenoxy) is 1. The molecule has 4 heteroatoms. The molecule has 0 radical (unpaired) electrons. The van der Waals surface area contributed by atoms with Gasteiger partial charge in [0.2, 0.25) is 0 Å². The summed E-state index contributed by atoms with van der Waals surface area (Å²) in [4.78, 5) is 12.3. The van der Waals surface area contributed by atoms with Gasteiger partial charge in [0.1, 0.15) is 0 Å². The second kappa shape index (κ2) is 4.78. The molecule has 0 saturated carbocycles. The lowest BCUT2D eigenvalue weighted by molar-refractivity contribution is 0.0600. The largest absolute Gasteiger partial charge is 0.465 e. The number of hydrogen-bond acceptors (Lipinski definition) is 4. The maximum atomic E-state index is 11.3. The van der Waals surface area contributed by atoms with Crippen molar-refractivity contribution >= 4 is 23.4 Å². The van der Waals surface area contributed by atoms with Crippen molar-refractivity contribution in [2.24, 2.45) is 0 Å².